The van der Waals surface area contributed by atoms with Gasteiger partial charge >= 0.3 is 0 Å². The van der Waals surface area contributed by atoms with Gasteiger partial charge in [-0.25, -0.2) is 0 Å². The second-order valence-corrected chi connectivity index (χ2v) is 7.00. The van der Waals surface area contributed by atoms with Crippen LogP contribution in [-0.4, -0.2) is 34.8 Å². The molecule has 0 atom stereocenters. The minimum Gasteiger partial charge on any atom is -0.497 e. The number of benzene rings is 2. The average molecular weight is 418 g/mol. The number of amides is 1. The lowest BCUT2D eigenvalue weighted by Crippen LogP contribution is -1.99. The lowest BCUT2D eigenvalue weighted by molar-refractivity contribution is 0.0996. The van der Waals surface area contributed by atoms with Crippen LogP contribution >= 0.6 is 0 Å². The Morgan fingerprint density at radius 3 is 2.42 bits per heavy atom. The molecule has 4 aromatic rings. The van der Waals surface area contributed by atoms with Crippen molar-refractivity contribution in [3.8, 4) is 17.4 Å². The van der Waals surface area contributed by atoms with Crippen LogP contribution in [0.1, 0.15) is 23.0 Å². The molecule has 2 aromatic heterocycles. The van der Waals surface area contributed by atoms with Crippen molar-refractivity contribution < 1.29 is 19.4 Å². The topological polar surface area (TPSA) is 98.3 Å². The minimum absolute atomic E-state index is 0.0558. The lowest BCUT2D eigenvalue weighted by Gasteiger charge is -2.06. The van der Waals surface area contributed by atoms with Crippen molar-refractivity contribution in [3.05, 3.63) is 53.7 Å². The van der Waals surface area contributed by atoms with E-state index in [-0.39, 0.29) is 11.6 Å². The molecule has 0 aliphatic rings. The van der Waals surface area contributed by atoms with Crippen molar-refractivity contribution in [1.82, 2.24) is 9.55 Å². The number of hydrogen-bond acceptors (Lipinski definition) is 6. The van der Waals surface area contributed by atoms with Crippen molar-refractivity contribution in [1.29, 1.82) is 0 Å². The molecule has 158 valence electrons. The van der Waals surface area contributed by atoms with E-state index in [1.165, 1.54) is 0 Å². The molecule has 0 fully saturated rings. The van der Waals surface area contributed by atoms with E-state index >= 15 is 0 Å². The third-order valence-corrected chi connectivity index (χ3v) is 5.15. The standard InChI is InChI=1S/C23H22N4O4/c1-5-27-20-9-7-15(31-4)12-18(20)21(23(27)29)25-26-22(28)17-10-13(2)24-19-8-6-14(30-3)11-16(17)19/h6-12,29H,5H2,1-4H3. The number of carbonyl (C=O) groups is 1. The number of azo groups is 1. The van der Waals surface area contributed by atoms with Crippen LogP contribution in [0.4, 0.5) is 5.69 Å². The fourth-order valence-electron chi connectivity index (χ4n) is 3.64. The van der Waals surface area contributed by atoms with Crippen LogP contribution in [0.15, 0.2) is 52.7 Å². The van der Waals surface area contributed by atoms with Crippen LogP contribution in [0.25, 0.3) is 21.8 Å². The number of carbonyl (C=O) groups excluding carboxylic acids is 1. The number of rotatable bonds is 5. The quantitative estimate of drug-likeness (QED) is 0.451. The summed E-state index contributed by atoms with van der Waals surface area (Å²) in [4.78, 5) is 17.5. The molecule has 31 heavy (non-hydrogen) atoms. The first-order valence-electron chi connectivity index (χ1n) is 9.77. The Balaban J connectivity index is 1.82. The van der Waals surface area contributed by atoms with E-state index in [2.05, 4.69) is 15.2 Å². The van der Waals surface area contributed by atoms with E-state index in [0.717, 1.165) is 5.52 Å². The summed E-state index contributed by atoms with van der Waals surface area (Å²) in [5, 5.41) is 20.0. The van der Waals surface area contributed by atoms with Crippen molar-refractivity contribution in [2.75, 3.05) is 14.2 Å². The highest BCUT2D eigenvalue weighted by Gasteiger charge is 2.18. The zero-order valence-corrected chi connectivity index (χ0v) is 17.7. The molecule has 0 unspecified atom stereocenters. The summed E-state index contributed by atoms with van der Waals surface area (Å²) in [6, 6.07) is 12.4. The predicted octanol–water partition coefficient (Wildman–Crippen LogP) is 5.16. The molecule has 0 radical (unpaired) electrons. The number of nitrogens with zero attached hydrogens (tertiary/aromatic N) is 4. The molecular formula is C23H22N4O4. The number of aryl methyl sites for hydroxylation is 2. The molecule has 8 nitrogen and oxygen atoms in total. The average Bonchev–Trinajstić information content (AvgIpc) is 3.05. The first-order valence-corrected chi connectivity index (χ1v) is 9.77. The molecule has 4 rings (SSSR count). The first kappa shape index (κ1) is 20.3. The maximum atomic E-state index is 13.0. The SMILES string of the molecule is CCn1c(O)c(N=NC(=O)c2cc(C)nc3ccc(OC)cc23)c2cc(OC)ccc21. The molecule has 0 bridgehead atoms. The van der Waals surface area contributed by atoms with Gasteiger partial charge in [0.15, 0.2) is 5.69 Å². The van der Waals surface area contributed by atoms with Crippen LogP contribution < -0.4 is 9.47 Å². The zero-order chi connectivity index (χ0) is 22.1. The Morgan fingerprint density at radius 1 is 1.06 bits per heavy atom. The van der Waals surface area contributed by atoms with Gasteiger partial charge in [0.25, 0.3) is 5.91 Å². The molecule has 2 aromatic carbocycles. The number of methoxy groups -OCH3 is 2. The summed E-state index contributed by atoms with van der Waals surface area (Å²) in [6.07, 6.45) is 0. The highest BCUT2D eigenvalue weighted by atomic mass is 16.5. The zero-order valence-electron chi connectivity index (χ0n) is 17.7. The van der Waals surface area contributed by atoms with E-state index in [0.29, 0.717) is 45.6 Å². The van der Waals surface area contributed by atoms with Crippen molar-refractivity contribution >= 4 is 33.4 Å². The molecule has 0 saturated heterocycles. The van der Waals surface area contributed by atoms with Gasteiger partial charge in [-0.2, -0.15) is 0 Å². The second-order valence-electron chi connectivity index (χ2n) is 7.00. The number of aromatic hydroxyl groups is 1. The largest absolute Gasteiger partial charge is 0.497 e. The summed E-state index contributed by atoms with van der Waals surface area (Å²) < 4.78 is 12.3. The van der Waals surface area contributed by atoms with E-state index < -0.39 is 5.91 Å². The summed E-state index contributed by atoms with van der Waals surface area (Å²) in [5.74, 6) is 0.634. The number of hydrogen-bond donors (Lipinski definition) is 1. The normalized spacial score (nSPS) is 11.5. The Hall–Kier alpha value is -3.94. The monoisotopic (exact) mass is 418 g/mol. The minimum atomic E-state index is -0.538. The molecular weight excluding hydrogens is 396 g/mol. The van der Waals surface area contributed by atoms with Crippen LogP contribution in [0, 0.1) is 6.92 Å². The number of pyridine rings is 1. The maximum Gasteiger partial charge on any atom is 0.296 e. The van der Waals surface area contributed by atoms with Gasteiger partial charge in [0.1, 0.15) is 11.5 Å². The van der Waals surface area contributed by atoms with Crippen LogP contribution in [0.3, 0.4) is 0 Å². The first-order chi connectivity index (χ1) is 15.0. The molecule has 0 spiro atoms. The van der Waals surface area contributed by atoms with Crippen LogP contribution in [0.2, 0.25) is 0 Å². The van der Waals surface area contributed by atoms with Crippen LogP contribution in [0.5, 0.6) is 17.4 Å². The Morgan fingerprint density at radius 2 is 1.74 bits per heavy atom. The van der Waals surface area contributed by atoms with Gasteiger partial charge in [-0.15, -0.1) is 10.2 Å². The molecule has 0 aliphatic heterocycles. The summed E-state index contributed by atoms with van der Waals surface area (Å²) in [6.45, 7) is 4.26. The highest BCUT2D eigenvalue weighted by Crippen LogP contribution is 2.40. The lowest BCUT2D eigenvalue weighted by atomic mass is 10.1. The molecule has 1 amide bonds. The molecule has 2 heterocycles. The van der Waals surface area contributed by atoms with Gasteiger partial charge in [0.2, 0.25) is 5.88 Å². The fourth-order valence-corrected chi connectivity index (χ4v) is 3.64. The Labute approximate surface area is 178 Å². The van der Waals surface area contributed by atoms with Crippen molar-refractivity contribution in [2.45, 2.75) is 20.4 Å². The third kappa shape index (κ3) is 3.56. The van der Waals surface area contributed by atoms with Gasteiger partial charge in [0.05, 0.1) is 30.8 Å². The van der Waals surface area contributed by atoms with Gasteiger partial charge in [0, 0.05) is 23.0 Å². The Kier molecular flexibility index (Phi) is 5.29. The van der Waals surface area contributed by atoms with Crippen LogP contribution in [-0.2, 0) is 6.54 Å². The molecule has 8 heteroatoms. The van der Waals surface area contributed by atoms with Gasteiger partial charge in [-0.05, 0) is 56.3 Å². The third-order valence-electron chi connectivity index (χ3n) is 5.15. The highest BCUT2D eigenvalue weighted by molar-refractivity contribution is 6.07. The molecule has 1 N–H and O–H groups in total. The summed E-state index contributed by atoms with van der Waals surface area (Å²) in [5.41, 5.74) is 2.70. The number of ether oxygens (including phenoxy) is 2. The smallest absolute Gasteiger partial charge is 0.296 e. The number of aromatic nitrogens is 2. The van der Waals surface area contributed by atoms with Crippen molar-refractivity contribution in [2.24, 2.45) is 10.2 Å². The van der Waals surface area contributed by atoms with Gasteiger partial charge < -0.3 is 19.1 Å². The van der Waals surface area contributed by atoms with Gasteiger partial charge in [-0.1, -0.05) is 0 Å². The molecule has 0 saturated carbocycles. The van der Waals surface area contributed by atoms with E-state index in [4.69, 9.17) is 9.47 Å². The van der Waals surface area contributed by atoms with Crippen molar-refractivity contribution in [3.63, 3.8) is 0 Å². The summed E-state index contributed by atoms with van der Waals surface area (Å²) in [7, 11) is 3.12. The second kappa shape index (κ2) is 8.06. The summed E-state index contributed by atoms with van der Waals surface area (Å²) >= 11 is 0. The van der Waals surface area contributed by atoms with Gasteiger partial charge in [-0.3, -0.25) is 9.78 Å². The van der Waals surface area contributed by atoms with E-state index in [9.17, 15) is 9.90 Å². The predicted molar refractivity (Wildman–Crippen MR) is 118 cm³/mol. The maximum absolute atomic E-state index is 13.0. The fraction of sp³-hybridized carbons (Fsp3) is 0.217. The number of fused-ring (bicyclic) bond motifs is 2. The Bertz CT molecular complexity index is 1340. The van der Waals surface area contributed by atoms with E-state index in [1.807, 2.05) is 19.9 Å². The molecule has 0 aliphatic carbocycles. The van der Waals surface area contributed by atoms with E-state index in [1.54, 1.807) is 55.2 Å².